The molecule has 2 aromatic heterocycles. The SMILES string of the molecule is O=C(NCCn1cc(C(=O)O)nn1)c1cc[nH]c(=O)c1. The van der Waals surface area contributed by atoms with Gasteiger partial charge in [0.15, 0.2) is 5.69 Å². The molecule has 9 heteroatoms. The molecule has 0 aromatic carbocycles. The van der Waals surface area contributed by atoms with Crippen molar-refractivity contribution in [2.75, 3.05) is 6.54 Å². The Balaban J connectivity index is 1.87. The third kappa shape index (κ3) is 3.28. The van der Waals surface area contributed by atoms with Crippen molar-refractivity contribution < 1.29 is 14.7 Å². The summed E-state index contributed by atoms with van der Waals surface area (Å²) in [7, 11) is 0. The minimum Gasteiger partial charge on any atom is -0.476 e. The van der Waals surface area contributed by atoms with Crippen molar-refractivity contribution >= 4 is 11.9 Å². The van der Waals surface area contributed by atoms with Gasteiger partial charge in [-0.15, -0.1) is 5.10 Å². The van der Waals surface area contributed by atoms with E-state index in [1.807, 2.05) is 0 Å². The number of aromatic carboxylic acids is 1. The number of nitrogens with one attached hydrogen (secondary N) is 2. The second kappa shape index (κ2) is 5.78. The highest BCUT2D eigenvalue weighted by Gasteiger charge is 2.09. The van der Waals surface area contributed by atoms with Gasteiger partial charge in [-0.1, -0.05) is 5.21 Å². The Hall–Kier alpha value is -2.97. The van der Waals surface area contributed by atoms with Crippen molar-refractivity contribution in [3.05, 3.63) is 46.1 Å². The van der Waals surface area contributed by atoms with Gasteiger partial charge in [0, 0.05) is 24.4 Å². The molecule has 9 nitrogen and oxygen atoms in total. The number of H-pyrrole nitrogens is 1. The van der Waals surface area contributed by atoms with Gasteiger partial charge in [-0.3, -0.25) is 9.59 Å². The summed E-state index contributed by atoms with van der Waals surface area (Å²) in [5.41, 5.74) is -0.274. The molecular weight excluding hydrogens is 266 g/mol. The predicted molar refractivity (Wildman–Crippen MR) is 66.4 cm³/mol. The van der Waals surface area contributed by atoms with Gasteiger partial charge < -0.3 is 15.4 Å². The summed E-state index contributed by atoms with van der Waals surface area (Å²) in [5, 5.41) is 18.3. The normalized spacial score (nSPS) is 10.2. The van der Waals surface area contributed by atoms with Crippen LogP contribution < -0.4 is 10.9 Å². The zero-order valence-electron chi connectivity index (χ0n) is 10.2. The molecule has 2 aromatic rings. The molecule has 0 aliphatic carbocycles. The van der Waals surface area contributed by atoms with E-state index < -0.39 is 11.9 Å². The topological polar surface area (TPSA) is 130 Å². The van der Waals surface area contributed by atoms with E-state index in [1.165, 1.54) is 29.2 Å². The molecule has 104 valence electrons. The molecule has 0 unspecified atom stereocenters. The Morgan fingerprint density at radius 1 is 1.45 bits per heavy atom. The highest BCUT2D eigenvalue weighted by Crippen LogP contribution is 1.94. The molecule has 20 heavy (non-hydrogen) atoms. The molecule has 0 atom stereocenters. The van der Waals surface area contributed by atoms with Crippen LogP contribution in [0.2, 0.25) is 0 Å². The fraction of sp³-hybridized carbons (Fsp3) is 0.182. The summed E-state index contributed by atoms with van der Waals surface area (Å²) in [5.74, 6) is -1.56. The number of carbonyl (C=O) groups is 2. The maximum absolute atomic E-state index is 11.7. The average molecular weight is 277 g/mol. The van der Waals surface area contributed by atoms with E-state index in [9.17, 15) is 14.4 Å². The molecule has 3 N–H and O–H groups in total. The van der Waals surface area contributed by atoms with Gasteiger partial charge >= 0.3 is 5.97 Å². The number of carbonyl (C=O) groups excluding carboxylic acids is 1. The molecule has 0 radical (unpaired) electrons. The molecule has 0 spiro atoms. The van der Waals surface area contributed by atoms with Crippen molar-refractivity contribution in [2.45, 2.75) is 6.54 Å². The van der Waals surface area contributed by atoms with Crippen molar-refractivity contribution in [1.29, 1.82) is 0 Å². The summed E-state index contributed by atoms with van der Waals surface area (Å²) in [6.45, 7) is 0.503. The smallest absolute Gasteiger partial charge is 0.358 e. The number of nitrogens with zero attached hydrogens (tertiary/aromatic N) is 3. The summed E-state index contributed by atoms with van der Waals surface area (Å²) >= 11 is 0. The Morgan fingerprint density at radius 2 is 2.25 bits per heavy atom. The zero-order chi connectivity index (χ0) is 14.5. The van der Waals surface area contributed by atoms with Crippen LogP contribution >= 0.6 is 0 Å². The number of hydrogen-bond donors (Lipinski definition) is 3. The first-order valence-corrected chi connectivity index (χ1v) is 5.66. The quantitative estimate of drug-likeness (QED) is 0.649. The van der Waals surface area contributed by atoms with Crippen molar-refractivity contribution in [1.82, 2.24) is 25.3 Å². The summed E-state index contributed by atoms with van der Waals surface area (Å²) < 4.78 is 1.31. The number of carboxylic acids is 1. The third-order valence-corrected chi connectivity index (χ3v) is 2.42. The zero-order valence-corrected chi connectivity index (χ0v) is 10.2. The number of aromatic nitrogens is 4. The van der Waals surface area contributed by atoms with Crippen LogP contribution in [-0.2, 0) is 6.54 Å². The molecular formula is C11H11N5O4. The van der Waals surface area contributed by atoms with E-state index in [1.54, 1.807) is 0 Å². The number of rotatable bonds is 5. The standard InChI is InChI=1S/C11H11N5O4/c17-9-5-7(1-2-12-9)10(18)13-3-4-16-6-8(11(19)20)14-15-16/h1-2,5-6H,3-4H2,(H,12,17)(H,13,18)(H,19,20). The minimum absolute atomic E-state index is 0.161. The second-order valence-electron chi connectivity index (χ2n) is 3.87. The maximum Gasteiger partial charge on any atom is 0.358 e. The van der Waals surface area contributed by atoms with Gasteiger partial charge in [-0.2, -0.15) is 0 Å². The molecule has 0 bridgehead atoms. The Bertz CT molecular complexity index is 690. The van der Waals surface area contributed by atoms with Gasteiger partial charge in [0.25, 0.3) is 5.91 Å². The lowest BCUT2D eigenvalue weighted by Gasteiger charge is -2.04. The number of aromatic amines is 1. The maximum atomic E-state index is 11.7. The first kappa shape index (κ1) is 13.5. The lowest BCUT2D eigenvalue weighted by atomic mass is 10.2. The number of carboxylic acid groups (broad SMARTS) is 1. The fourth-order valence-corrected chi connectivity index (χ4v) is 1.48. The van der Waals surface area contributed by atoms with E-state index in [4.69, 9.17) is 5.11 Å². The van der Waals surface area contributed by atoms with E-state index in [0.29, 0.717) is 0 Å². The highest BCUT2D eigenvalue weighted by molar-refractivity contribution is 5.93. The van der Waals surface area contributed by atoms with Crippen LogP contribution in [0.15, 0.2) is 29.3 Å². The van der Waals surface area contributed by atoms with E-state index in [2.05, 4.69) is 20.6 Å². The average Bonchev–Trinajstić information content (AvgIpc) is 2.87. The van der Waals surface area contributed by atoms with Crippen LogP contribution in [0.25, 0.3) is 0 Å². The van der Waals surface area contributed by atoms with Crippen molar-refractivity contribution in [2.24, 2.45) is 0 Å². The molecule has 2 rings (SSSR count). The lowest BCUT2D eigenvalue weighted by molar-refractivity contribution is 0.0690. The molecule has 2 heterocycles. The first-order valence-electron chi connectivity index (χ1n) is 5.66. The second-order valence-corrected chi connectivity index (χ2v) is 3.87. The lowest BCUT2D eigenvalue weighted by Crippen LogP contribution is -2.28. The first-order chi connectivity index (χ1) is 9.56. The van der Waals surface area contributed by atoms with E-state index in [0.717, 1.165) is 0 Å². The number of hydrogen-bond acceptors (Lipinski definition) is 5. The molecule has 0 aliphatic heterocycles. The number of pyridine rings is 1. The Morgan fingerprint density at radius 3 is 2.90 bits per heavy atom. The van der Waals surface area contributed by atoms with Gasteiger partial charge in [0.2, 0.25) is 5.56 Å². The summed E-state index contributed by atoms with van der Waals surface area (Å²) in [6.07, 6.45) is 2.65. The Kier molecular flexibility index (Phi) is 3.89. The largest absolute Gasteiger partial charge is 0.476 e. The van der Waals surface area contributed by atoms with Crippen LogP contribution in [0, 0.1) is 0 Å². The van der Waals surface area contributed by atoms with E-state index in [-0.39, 0.29) is 29.9 Å². The van der Waals surface area contributed by atoms with Crippen LogP contribution in [0.1, 0.15) is 20.8 Å². The van der Waals surface area contributed by atoms with Gasteiger partial charge in [0.1, 0.15) is 0 Å². The molecule has 0 saturated carbocycles. The predicted octanol–water partition coefficient (Wildman–Crippen LogP) is -0.905. The molecule has 0 aliphatic rings. The fourth-order valence-electron chi connectivity index (χ4n) is 1.48. The Labute approximate surface area is 112 Å². The van der Waals surface area contributed by atoms with Crippen LogP contribution in [0.5, 0.6) is 0 Å². The van der Waals surface area contributed by atoms with E-state index >= 15 is 0 Å². The van der Waals surface area contributed by atoms with Gasteiger partial charge in [-0.25, -0.2) is 9.48 Å². The highest BCUT2D eigenvalue weighted by atomic mass is 16.4. The van der Waals surface area contributed by atoms with Crippen molar-refractivity contribution in [3.8, 4) is 0 Å². The van der Waals surface area contributed by atoms with Gasteiger partial charge in [-0.05, 0) is 6.07 Å². The van der Waals surface area contributed by atoms with Crippen molar-refractivity contribution in [3.63, 3.8) is 0 Å². The van der Waals surface area contributed by atoms with Crippen LogP contribution in [0.3, 0.4) is 0 Å². The monoisotopic (exact) mass is 277 g/mol. The molecule has 0 fully saturated rings. The molecule has 1 amide bonds. The summed E-state index contributed by atoms with van der Waals surface area (Å²) in [4.78, 5) is 35.7. The van der Waals surface area contributed by atoms with Gasteiger partial charge in [0.05, 0.1) is 12.7 Å². The summed E-state index contributed by atoms with van der Waals surface area (Å²) in [6, 6.07) is 2.67. The minimum atomic E-state index is -1.16. The number of amides is 1. The van der Waals surface area contributed by atoms with Crippen LogP contribution in [0.4, 0.5) is 0 Å². The third-order valence-electron chi connectivity index (χ3n) is 2.42. The van der Waals surface area contributed by atoms with Crippen LogP contribution in [-0.4, -0.2) is 43.5 Å². The molecule has 0 saturated heterocycles.